The van der Waals surface area contributed by atoms with Crippen LogP contribution < -0.4 is 29.6 Å². The zero-order chi connectivity index (χ0) is 27.1. The largest absolute Gasteiger partial charge is 0.496 e. The van der Waals surface area contributed by atoms with Crippen molar-refractivity contribution in [2.24, 2.45) is 0 Å². The van der Waals surface area contributed by atoms with Crippen LogP contribution in [0.25, 0.3) is 0 Å². The number of piperidine rings is 1. The van der Waals surface area contributed by atoms with Gasteiger partial charge < -0.3 is 29.6 Å². The Balaban J connectivity index is 1.67. The summed E-state index contributed by atoms with van der Waals surface area (Å²) >= 11 is 0. The molecular formula is C25H32N4O8. The average Bonchev–Trinajstić information content (AvgIpc) is 2.88. The summed E-state index contributed by atoms with van der Waals surface area (Å²) in [4.78, 5) is 37.6. The number of carbonyl (C=O) groups excluding carboxylic acids is 2. The number of likely N-dealkylation sites (tertiary alicyclic amines) is 1. The summed E-state index contributed by atoms with van der Waals surface area (Å²) in [7, 11) is 6.07. The van der Waals surface area contributed by atoms with Crippen LogP contribution >= 0.6 is 0 Å². The van der Waals surface area contributed by atoms with Crippen molar-refractivity contribution < 1.29 is 33.5 Å². The molecular weight excluding hydrogens is 484 g/mol. The van der Waals surface area contributed by atoms with Gasteiger partial charge in [0, 0.05) is 44.7 Å². The topological polar surface area (TPSA) is 141 Å². The highest BCUT2D eigenvalue weighted by atomic mass is 16.6. The number of nitro groups is 1. The molecule has 0 aromatic heterocycles. The maximum atomic E-state index is 13.0. The van der Waals surface area contributed by atoms with Crippen LogP contribution in [0, 0.1) is 10.1 Å². The van der Waals surface area contributed by atoms with E-state index in [0.29, 0.717) is 36.6 Å². The normalized spacial score (nSPS) is 14.0. The predicted octanol–water partition coefficient (Wildman–Crippen LogP) is 2.98. The van der Waals surface area contributed by atoms with Crippen LogP contribution in [0.15, 0.2) is 24.3 Å². The molecule has 0 spiro atoms. The number of hydrogen-bond donors (Lipinski definition) is 2. The van der Waals surface area contributed by atoms with E-state index in [1.165, 1.54) is 20.1 Å². The van der Waals surface area contributed by atoms with Gasteiger partial charge in [0.05, 0.1) is 38.9 Å². The van der Waals surface area contributed by atoms with E-state index >= 15 is 0 Å². The summed E-state index contributed by atoms with van der Waals surface area (Å²) in [5.74, 6) is 0.902. The molecule has 0 unspecified atom stereocenters. The summed E-state index contributed by atoms with van der Waals surface area (Å²) in [6, 6.07) is 6.13. The third kappa shape index (κ3) is 6.58. The maximum absolute atomic E-state index is 13.0. The number of nitro benzene ring substituents is 1. The summed E-state index contributed by atoms with van der Waals surface area (Å²) in [5, 5.41) is 16.9. The Morgan fingerprint density at radius 2 is 1.57 bits per heavy atom. The number of rotatable bonds is 10. The molecule has 2 aromatic rings. The van der Waals surface area contributed by atoms with Gasteiger partial charge in [0.15, 0.2) is 11.5 Å². The van der Waals surface area contributed by atoms with Gasteiger partial charge in [-0.15, -0.1) is 0 Å². The molecule has 0 aliphatic carbocycles. The van der Waals surface area contributed by atoms with Crippen molar-refractivity contribution in [1.82, 2.24) is 10.2 Å². The van der Waals surface area contributed by atoms with Gasteiger partial charge in [0.2, 0.25) is 11.7 Å². The van der Waals surface area contributed by atoms with Crippen molar-refractivity contribution in [2.45, 2.75) is 32.4 Å². The Bertz CT molecular complexity index is 1140. The molecule has 0 atom stereocenters. The van der Waals surface area contributed by atoms with Gasteiger partial charge in [-0.3, -0.25) is 24.6 Å². The molecule has 37 heavy (non-hydrogen) atoms. The van der Waals surface area contributed by atoms with Gasteiger partial charge in [0.25, 0.3) is 11.6 Å². The van der Waals surface area contributed by atoms with Crippen molar-refractivity contribution in [3.63, 3.8) is 0 Å². The van der Waals surface area contributed by atoms with Gasteiger partial charge in [-0.05, 0) is 30.5 Å². The van der Waals surface area contributed by atoms with E-state index in [1.54, 1.807) is 21.3 Å². The summed E-state index contributed by atoms with van der Waals surface area (Å²) in [6.45, 7) is 3.38. The van der Waals surface area contributed by atoms with E-state index in [-0.39, 0.29) is 28.7 Å². The van der Waals surface area contributed by atoms with E-state index in [0.717, 1.165) is 24.7 Å². The Morgan fingerprint density at radius 1 is 0.973 bits per heavy atom. The number of amides is 2. The highest BCUT2D eigenvalue weighted by Gasteiger charge is 2.27. The number of carbonyl (C=O) groups is 2. The Kier molecular flexibility index (Phi) is 9.12. The lowest BCUT2D eigenvalue weighted by atomic mass is 10.0. The molecule has 1 aliphatic rings. The number of benzene rings is 2. The van der Waals surface area contributed by atoms with Crippen molar-refractivity contribution in [1.29, 1.82) is 0 Å². The predicted molar refractivity (Wildman–Crippen MR) is 136 cm³/mol. The molecule has 3 rings (SSSR count). The van der Waals surface area contributed by atoms with Crippen molar-refractivity contribution in [2.75, 3.05) is 46.8 Å². The Morgan fingerprint density at radius 3 is 2.05 bits per heavy atom. The fourth-order valence-electron chi connectivity index (χ4n) is 4.34. The van der Waals surface area contributed by atoms with Crippen LogP contribution in [0.1, 0.15) is 35.7 Å². The number of nitrogens with zero attached hydrogens (tertiary/aromatic N) is 2. The summed E-state index contributed by atoms with van der Waals surface area (Å²) in [5.41, 5.74) is 0.615. The zero-order valence-electron chi connectivity index (χ0n) is 21.6. The van der Waals surface area contributed by atoms with Crippen LogP contribution in [0.4, 0.5) is 11.4 Å². The molecule has 2 aromatic carbocycles. The summed E-state index contributed by atoms with van der Waals surface area (Å²) in [6.07, 6.45) is 1.40. The summed E-state index contributed by atoms with van der Waals surface area (Å²) < 4.78 is 21.5. The minimum atomic E-state index is -0.650. The SMILES string of the molecule is COc1cc(NC(C)=O)c([N+](=O)[O-])cc1C(=O)NC1CCN(Cc2cc(OC)c(OC)c(OC)c2)CC1. The minimum Gasteiger partial charge on any atom is -0.496 e. The molecule has 2 N–H and O–H groups in total. The molecule has 1 saturated heterocycles. The molecule has 12 heteroatoms. The second-order valence-corrected chi connectivity index (χ2v) is 8.57. The molecule has 0 saturated carbocycles. The third-order valence-corrected chi connectivity index (χ3v) is 6.12. The first-order valence-corrected chi connectivity index (χ1v) is 11.7. The quantitative estimate of drug-likeness (QED) is 0.360. The van der Waals surface area contributed by atoms with Crippen molar-refractivity contribution in [3.05, 3.63) is 45.5 Å². The van der Waals surface area contributed by atoms with Gasteiger partial charge in [-0.2, -0.15) is 0 Å². The lowest BCUT2D eigenvalue weighted by Gasteiger charge is -2.32. The molecule has 1 heterocycles. The monoisotopic (exact) mass is 516 g/mol. The molecule has 0 bridgehead atoms. The van der Waals surface area contributed by atoms with Crippen LogP contribution in [0.5, 0.6) is 23.0 Å². The maximum Gasteiger partial charge on any atom is 0.293 e. The smallest absolute Gasteiger partial charge is 0.293 e. The minimum absolute atomic E-state index is 0.0307. The fraction of sp³-hybridized carbons (Fsp3) is 0.440. The Hall–Kier alpha value is -4.06. The van der Waals surface area contributed by atoms with Gasteiger partial charge in [-0.25, -0.2) is 0 Å². The first-order valence-electron chi connectivity index (χ1n) is 11.7. The first kappa shape index (κ1) is 27.5. The first-order chi connectivity index (χ1) is 17.7. The van der Waals surface area contributed by atoms with E-state index in [4.69, 9.17) is 18.9 Å². The standard InChI is InChI=1S/C25H32N4O8/c1-15(30)26-19-13-21(34-2)18(12-20(19)29(32)33)25(31)27-17-6-8-28(9-7-17)14-16-10-22(35-3)24(37-5)23(11-16)36-4/h10-13,17H,6-9,14H2,1-5H3,(H,26,30)(H,27,31). The molecule has 12 nitrogen and oxygen atoms in total. The number of anilines is 1. The number of hydrogen-bond acceptors (Lipinski definition) is 9. The molecule has 1 fully saturated rings. The molecule has 1 aliphatic heterocycles. The lowest BCUT2D eigenvalue weighted by molar-refractivity contribution is -0.384. The molecule has 2 amide bonds. The van der Waals surface area contributed by atoms with Crippen LogP contribution in [-0.4, -0.2) is 69.2 Å². The fourth-order valence-corrected chi connectivity index (χ4v) is 4.34. The van der Waals surface area contributed by atoms with Gasteiger partial charge in [-0.1, -0.05) is 0 Å². The lowest BCUT2D eigenvalue weighted by Crippen LogP contribution is -2.44. The van der Waals surface area contributed by atoms with Gasteiger partial charge >= 0.3 is 0 Å². The Labute approximate surface area is 215 Å². The van der Waals surface area contributed by atoms with Crippen molar-refractivity contribution >= 4 is 23.2 Å². The third-order valence-electron chi connectivity index (χ3n) is 6.12. The van der Waals surface area contributed by atoms with Gasteiger partial charge in [0.1, 0.15) is 11.4 Å². The van der Waals surface area contributed by atoms with Crippen LogP contribution in [0.2, 0.25) is 0 Å². The van der Waals surface area contributed by atoms with E-state index in [9.17, 15) is 19.7 Å². The molecule has 0 radical (unpaired) electrons. The zero-order valence-corrected chi connectivity index (χ0v) is 21.6. The highest BCUT2D eigenvalue weighted by molar-refractivity contribution is 6.00. The second kappa shape index (κ2) is 12.3. The van der Waals surface area contributed by atoms with E-state index in [2.05, 4.69) is 15.5 Å². The number of ether oxygens (including phenoxy) is 4. The molecule has 200 valence electrons. The van der Waals surface area contributed by atoms with Crippen LogP contribution in [-0.2, 0) is 11.3 Å². The van der Waals surface area contributed by atoms with E-state index < -0.39 is 16.7 Å². The average molecular weight is 517 g/mol. The van der Waals surface area contributed by atoms with E-state index in [1.807, 2.05) is 12.1 Å². The van der Waals surface area contributed by atoms with Crippen LogP contribution in [0.3, 0.4) is 0 Å². The second-order valence-electron chi connectivity index (χ2n) is 8.57. The number of nitrogens with one attached hydrogen (secondary N) is 2. The highest BCUT2D eigenvalue weighted by Crippen LogP contribution is 2.38. The number of methoxy groups -OCH3 is 4. The van der Waals surface area contributed by atoms with Crippen molar-refractivity contribution in [3.8, 4) is 23.0 Å².